The van der Waals surface area contributed by atoms with Crippen LogP contribution in [0.4, 0.5) is 0 Å². The Bertz CT molecular complexity index is 311. The minimum Gasteiger partial charge on any atom is -0.265 e. The van der Waals surface area contributed by atoms with Crippen LogP contribution in [0.5, 0.6) is 0 Å². The van der Waals surface area contributed by atoms with Gasteiger partial charge in [0, 0.05) is 21.1 Å². The van der Waals surface area contributed by atoms with E-state index in [1.807, 2.05) is 0 Å². The number of hydrogen-bond acceptors (Lipinski definition) is 3. The lowest BCUT2D eigenvalue weighted by Crippen LogP contribution is -2.02. The van der Waals surface area contributed by atoms with Gasteiger partial charge in [-0.25, -0.2) is 0 Å². The first kappa shape index (κ1) is 8.69. The van der Waals surface area contributed by atoms with Gasteiger partial charge in [0.1, 0.15) is 0 Å². The second-order valence-electron chi connectivity index (χ2n) is 3.32. The van der Waals surface area contributed by atoms with E-state index in [1.54, 1.807) is 11.3 Å². The Morgan fingerprint density at radius 2 is 2.38 bits per heavy atom. The Morgan fingerprint density at radius 1 is 1.54 bits per heavy atom. The van der Waals surface area contributed by atoms with Crippen LogP contribution in [0.3, 0.4) is 0 Å². The van der Waals surface area contributed by atoms with Crippen LogP contribution in [-0.4, -0.2) is 11.5 Å². The maximum absolute atomic E-state index is 10.2. The maximum Gasteiger partial charge on any atom is 0.208 e. The molecule has 0 aliphatic heterocycles. The van der Waals surface area contributed by atoms with E-state index in [9.17, 15) is 10.1 Å². The van der Waals surface area contributed by atoms with Crippen LogP contribution >= 0.6 is 11.3 Å². The summed E-state index contributed by atoms with van der Waals surface area (Å²) in [6, 6.07) is 2.15. The zero-order valence-electron chi connectivity index (χ0n) is 7.28. The number of nitrogens with zero attached hydrogens (tertiary/aromatic N) is 1. The zero-order chi connectivity index (χ0) is 9.26. The molecule has 0 unspecified atom stereocenters. The van der Waals surface area contributed by atoms with Crippen molar-refractivity contribution in [3.05, 3.63) is 31.5 Å². The van der Waals surface area contributed by atoms with E-state index < -0.39 is 0 Å². The van der Waals surface area contributed by atoms with Gasteiger partial charge in [-0.05, 0) is 30.9 Å². The molecule has 1 heterocycles. The zero-order valence-corrected chi connectivity index (χ0v) is 8.10. The summed E-state index contributed by atoms with van der Waals surface area (Å²) >= 11 is 1.76. The average molecular weight is 197 g/mol. The number of fused-ring (bicyclic) bond motifs is 1. The smallest absolute Gasteiger partial charge is 0.208 e. The molecule has 0 fully saturated rings. The fourth-order valence-electron chi connectivity index (χ4n) is 1.72. The van der Waals surface area contributed by atoms with Crippen LogP contribution < -0.4 is 0 Å². The second kappa shape index (κ2) is 3.46. The Kier molecular flexibility index (Phi) is 2.31. The van der Waals surface area contributed by atoms with Gasteiger partial charge in [-0.3, -0.25) is 10.1 Å². The van der Waals surface area contributed by atoms with Crippen LogP contribution in [0.25, 0.3) is 0 Å². The number of thiophene rings is 1. The first-order valence-electron chi connectivity index (χ1n) is 4.48. The highest BCUT2D eigenvalue weighted by atomic mass is 32.1. The van der Waals surface area contributed by atoms with Crippen molar-refractivity contribution in [2.24, 2.45) is 0 Å². The van der Waals surface area contributed by atoms with E-state index in [2.05, 4.69) is 6.07 Å². The summed E-state index contributed by atoms with van der Waals surface area (Å²) in [5.41, 5.74) is 1.43. The highest BCUT2D eigenvalue weighted by Gasteiger charge is 2.15. The molecule has 0 bridgehead atoms. The average Bonchev–Trinajstić information content (AvgIpc) is 2.58. The SMILES string of the molecule is O=[N+]([O-])CCc1cc2c(s1)CCC2. The van der Waals surface area contributed by atoms with Crippen LogP contribution in [0.15, 0.2) is 6.07 Å². The summed E-state index contributed by atoms with van der Waals surface area (Å²) in [5, 5.41) is 10.2. The van der Waals surface area contributed by atoms with Crippen molar-refractivity contribution in [1.29, 1.82) is 0 Å². The van der Waals surface area contributed by atoms with E-state index in [0.717, 1.165) is 0 Å². The molecule has 1 aliphatic rings. The lowest BCUT2D eigenvalue weighted by molar-refractivity contribution is -0.479. The van der Waals surface area contributed by atoms with Crippen LogP contribution in [0.2, 0.25) is 0 Å². The van der Waals surface area contributed by atoms with Crippen molar-refractivity contribution in [2.45, 2.75) is 25.7 Å². The van der Waals surface area contributed by atoms with Crippen molar-refractivity contribution < 1.29 is 4.92 Å². The third-order valence-electron chi connectivity index (χ3n) is 2.34. The number of rotatable bonds is 3. The third-order valence-corrected chi connectivity index (χ3v) is 3.64. The van der Waals surface area contributed by atoms with Crippen LogP contribution in [0, 0.1) is 10.1 Å². The highest BCUT2D eigenvalue weighted by Crippen LogP contribution is 2.30. The van der Waals surface area contributed by atoms with Gasteiger partial charge in [-0.2, -0.15) is 0 Å². The monoisotopic (exact) mass is 197 g/mol. The fourth-order valence-corrected chi connectivity index (χ4v) is 2.96. The Morgan fingerprint density at radius 3 is 3.08 bits per heavy atom. The summed E-state index contributed by atoms with van der Waals surface area (Å²) < 4.78 is 0. The van der Waals surface area contributed by atoms with E-state index in [1.165, 1.54) is 34.6 Å². The van der Waals surface area contributed by atoms with Gasteiger partial charge in [-0.1, -0.05) is 0 Å². The van der Waals surface area contributed by atoms with Gasteiger partial charge in [0.2, 0.25) is 6.54 Å². The molecule has 1 aliphatic carbocycles. The van der Waals surface area contributed by atoms with Crippen molar-refractivity contribution >= 4 is 11.3 Å². The molecule has 1 aromatic rings. The van der Waals surface area contributed by atoms with Crippen LogP contribution in [-0.2, 0) is 19.3 Å². The first-order chi connectivity index (χ1) is 6.25. The lowest BCUT2D eigenvalue weighted by Gasteiger charge is -1.91. The Labute approximate surface area is 80.5 Å². The van der Waals surface area contributed by atoms with Gasteiger partial charge in [-0.15, -0.1) is 11.3 Å². The summed E-state index contributed by atoms with van der Waals surface area (Å²) in [5.74, 6) is 0. The molecule has 4 heteroatoms. The molecule has 13 heavy (non-hydrogen) atoms. The van der Waals surface area contributed by atoms with Gasteiger partial charge < -0.3 is 0 Å². The molecule has 1 aromatic heterocycles. The van der Waals surface area contributed by atoms with E-state index in [-0.39, 0.29) is 11.5 Å². The van der Waals surface area contributed by atoms with Gasteiger partial charge in [0.15, 0.2) is 0 Å². The molecule has 0 aromatic carbocycles. The summed E-state index contributed by atoms with van der Waals surface area (Å²) in [6.07, 6.45) is 4.21. The topological polar surface area (TPSA) is 43.1 Å². The first-order valence-corrected chi connectivity index (χ1v) is 5.29. The normalized spacial score (nSPS) is 14.5. The Hall–Kier alpha value is -0.900. The molecule has 0 radical (unpaired) electrons. The molecule has 0 saturated carbocycles. The van der Waals surface area contributed by atoms with Crippen molar-refractivity contribution in [1.82, 2.24) is 0 Å². The minimum absolute atomic E-state index is 0.0688. The minimum atomic E-state index is -0.245. The molecular weight excluding hydrogens is 186 g/mol. The Balaban J connectivity index is 2.02. The predicted octanol–water partition coefficient (Wildman–Crippen LogP) is 2.06. The fraction of sp³-hybridized carbons (Fsp3) is 0.556. The standard InChI is InChI=1S/C9H11NO2S/c11-10(12)5-4-8-6-7-2-1-3-9(7)13-8/h6H,1-5H2. The molecule has 3 nitrogen and oxygen atoms in total. The summed E-state index contributed by atoms with van der Waals surface area (Å²) in [4.78, 5) is 12.6. The van der Waals surface area contributed by atoms with E-state index >= 15 is 0 Å². The third kappa shape index (κ3) is 1.88. The van der Waals surface area contributed by atoms with Crippen molar-refractivity contribution in [3.63, 3.8) is 0 Å². The maximum atomic E-state index is 10.2. The van der Waals surface area contributed by atoms with E-state index in [4.69, 9.17) is 0 Å². The van der Waals surface area contributed by atoms with Gasteiger partial charge >= 0.3 is 0 Å². The van der Waals surface area contributed by atoms with Crippen molar-refractivity contribution in [3.8, 4) is 0 Å². The quantitative estimate of drug-likeness (QED) is 0.550. The molecule has 0 N–H and O–H groups in total. The number of nitro groups is 1. The van der Waals surface area contributed by atoms with Gasteiger partial charge in [0.25, 0.3) is 0 Å². The lowest BCUT2D eigenvalue weighted by atomic mass is 10.2. The second-order valence-corrected chi connectivity index (χ2v) is 4.54. The summed E-state index contributed by atoms with van der Waals surface area (Å²) in [6.45, 7) is 0.0688. The molecule has 0 amide bonds. The van der Waals surface area contributed by atoms with Crippen LogP contribution in [0.1, 0.15) is 21.7 Å². The molecule has 70 valence electrons. The van der Waals surface area contributed by atoms with Gasteiger partial charge in [0.05, 0.1) is 0 Å². The number of aryl methyl sites for hydroxylation is 2. The highest BCUT2D eigenvalue weighted by molar-refractivity contribution is 7.12. The molecular formula is C9H11NO2S. The number of hydrogen-bond donors (Lipinski definition) is 0. The predicted molar refractivity (Wildman–Crippen MR) is 51.9 cm³/mol. The molecule has 0 saturated heterocycles. The van der Waals surface area contributed by atoms with Crippen molar-refractivity contribution in [2.75, 3.05) is 6.54 Å². The molecule has 0 atom stereocenters. The molecule has 0 spiro atoms. The summed E-state index contributed by atoms with van der Waals surface area (Å²) in [7, 11) is 0. The largest absolute Gasteiger partial charge is 0.265 e. The van der Waals surface area contributed by atoms with E-state index in [0.29, 0.717) is 6.42 Å². The molecule has 2 rings (SSSR count).